The largest absolute Gasteiger partial charge is 0.488 e. The van der Waals surface area contributed by atoms with Crippen molar-refractivity contribution in [2.24, 2.45) is 0 Å². The lowest BCUT2D eigenvalue weighted by Crippen LogP contribution is -2.06. The molecule has 7 rings (SSSR count). The summed E-state index contributed by atoms with van der Waals surface area (Å²) >= 11 is 0. The average Bonchev–Trinajstić information content (AvgIpc) is 3.58. The zero-order valence-corrected chi connectivity index (χ0v) is 19.7. The van der Waals surface area contributed by atoms with Gasteiger partial charge in [-0.1, -0.05) is 41.6 Å². The van der Waals surface area contributed by atoms with Gasteiger partial charge in [0, 0.05) is 17.7 Å². The highest BCUT2D eigenvalue weighted by atomic mass is 16.5. The zero-order valence-electron chi connectivity index (χ0n) is 19.7. The number of hydrogen-bond acceptors (Lipinski definition) is 6. The van der Waals surface area contributed by atoms with Crippen molar-refractivity contribution in [2.45, 2.75) is 38.8 Å². The molecule has 8 nitrogen and oxygen atoms in total. The summed E-state index contributed by atoms with van der Waals surface area (Å²) in [7, 11) is 0. The second kappa shape index (κ2) is 8.05. The van der Waals surface area contributed by atoms with E-state index in [1.165, 1.54) is 12.8 Å². The van der Waals surface area contributed by atoms with Gasteiger partial charge >= 0.3 is 5.76 Å². The number of ether oxygens (including phenoxy) is 1. The van der Waals surface area contributed by atoms with Crippen molar-refractivity contribution >= 4 is 22.8 Å². The van der Waals surface area contributed by atoms with Crippen molar-refractivity contribution in [1.29, 1.82) is 0 Å². The summed E-state index contributed by atoms with van der Waals surface area (Å²) in [6, 6.07) is 16.4. The molecule has 8 heteroatoms. The zero-order chi connectivity index (χ0) is 24.2. The van der Waals surface area contributed by atoms with Gasteiger partial charge in [0.15, 0.2) is 11.5 Å². The Kier molecular flexibility index (Phi) is 4.67. The summed E-state index contributed by atoms with van der Waals surface area (Å²) in [5, 5.41) is 3.84. The Morgan fingerprint density at radius 1 is 1.14 bits per heavy atom. The quantitative estimate of drug-likeness (QED) is 0.398. The Hall–Kier alpha value is -4.46. The minimum absolute atomic E-state index is 0.363. The van der Waals surface area contributed by atoms with E-state index in [1.807, 2.05) is 30.5 Å². The SMILES string of the molecule is Cc1ccnc2c1nc(C1CC1)n2Cc1ccc2c(c1)OCc1ccccc1C2=Cc1noc(=O)[nH]1. The van der Waals surface area contributed by atoms with Crippen LogP contribution >= 0.6 is 0 Å². The number of rotatable bonds is 4. The highest BCUT2D eigenvalue weighted by Crippen LogP contribution is 2.42. The molecule has 2 aliphatic rings. The maximum atomic E-state index is 11.5. The van der Waals surface area contributed by atoms with Gasteiger partial charge in [0.25, 0.3) is 0 Å². The van der Waals surface area contributed by atoms with Crippen molar-refractivity contribution in [3.63, 3.8) is 0 Å². The molecule has 36 heavy (non-hydrogen) atoms. The summed E-state index contributed by atoms with van der Waals surface area (Å²) < 4.78 is 13.3. The predicted octanol–water partition coefficient (Wildman–Crippen LogP) is 4.82. The fraction of sp³-hybridized carbons (Fsp3) is 0.214. The fourth-order valence-electron chi connectivity index (χ4n) is 4.96. The lowest BCUT2D eigenvalue weighted by molar-refractivity contribution is 0.307. The van der Waals surface area contributed by atoms with Crippen LogP contribution in [0.1, 0.15) is 58.2 Å². The number of nitrogens with one attached hydrogen (secondary N) is 1. The Labute approximate surface area is 206 Å². The number of nitrogens with zero attached hydrogens (tertiary/aromatic N) is 4. The van der Waals surface area contributed by atoms with E-state index in [2.05, 4.69) is 56.9 Å². The molecule has 1 N–H and O–H groups in total. The molecule has 0 radical (unpaired) electrons. The summed E-state index contributed by atoms with van der Waals surface area (Å²) in [5.41, 5.74) is 8.09. The van der Waals surface area contributed by atoms with E-state index in [-0.39, 0.29) is 0 Å². The van der Waals surface area contributed by atoms with Crippen LogP contribution in [0.15, 0.2) is 64.0 Å². The van der Waals surface area contributed by atoms with Crippen LogP contribution in [-0.4, -0.2) is 24.7 Å². The predicted molar refractivity (Wildman–Crippen MR) is 135 cm³/mol. The van der Waals surface area contributed by atoms with Gasteiger partial charge in [0.2, 0.25) is 0 Å². The number of aryl methyl sites for hydroxylation is 1. The van der Waals surface area contributed by atoms with Crippen molar-refractivity contribution in [1.82, 2.24) is 24.7 Å². The molecule has 1 aliphatic carbocycles. The standard InChI is InChI=1S/C28H23N5O3/c1-16-10-11-29-27-25(16)31-26(18-7-8-18)33(27)14-17-6-9-21-22(13-24-30-28(34)36-32-24)20-5-3-2-4-19(20)15-35-23(21)12-17/h2-6,9-13,18H,7-8,14-15H2,1H3,(H,30,32,34). The second-order valence-corrected chi connectivity index (χ2v) is 9.45. The van der Waals surface area contributed by atoms with Gasteiger partial charge in [-0.25, -0.2) is 14.8 Å². The molecule has 0 saturated heterocycles. The third kappa shape index (κ3) is 3.53. The van der Waals surface area contributed by atoms with Gasteiger partial charge in [0.05, 0.1) is 6.54 Å². The molecule has 178 valence electrons. The molecular formula is C28H23N5O3. The summed E-state index contributed by atoms with van der Waals surface area (Å²) in [6.45, 7) is 3.20. The van der Waals surface area contributed by atoms with Gasteiger partial charge in [-0.3, -0.25) is 9.51 Å². The molecule has 0 amide bonds. The molecule has 4 heterocycles. The molecule has 1 saturated carbocycles. The van der Waals surface area contributed by atoms with E-state index in [0.29, 0.717) is 24.9 Å². The molecule has 3 aromatic heterocycles. The number of aromatic nitrogens is 5. The van der Waals surface area contributed by atoms with Crippen molar-refractivity contribution in [2.75, 3.05) is 0 Å². The first-order valence-electron chi connectivity index (χ1n) is 12.1. The smallest absolute Gasteiger partial charge is 0.439 e. The Bertz CT molecular complexity index is 1720. The van der Waals surface area contributed by atoms with Crippen LogP contribution in [0.2, 0.25) is 0 Å². The van der Waals surface area contributed by atoms with Crippen LogP contribution in [0.4, 0.5) is 0 Å². The summed E-state index contributed by atoms with van der Waals surface area (Å²) in [4.78, 5) is 23.8. The van der Waals surface area contributed by atoms with Crippen molar-refractivity contribution < 1.29 is 9.26 Å². The molecule has 0 bridgehead atoms. The van der Waals surface area contributed by atoms with E-state index in [4.69, 9.17) is 14.2 Å². The van der Waals surface area contributed by atoms with Gasteiger partial charge in [-0.2, -0.15) is 0 Å². The van der Waals surface area contributed by atoms with E-state index in [9.17, 15) is 4.79 Å². The van der Waals surface area contributed by atoms with E-state index >= 15 is 0 Å². The molecule has 0 unspecified atom stereocenters. The van der Waals surface area contributed by atoms with Crippen LogP contribution in [0, 0.1) is 6.92 Å². The number of aromatic amines is 1. The van der Waals surface area contributed by atoms with Gasteiger partial charge in [-0.05, 0) is 65.8 Å². The monoisotopic (exact) mass is 477 g/mol. The first-order valence-corrected chi connectivity index (χ1v) is 12.1. The molecule has 2 aromatic carbocycles. The third-order valence-electron chi connectivity index (χ3n) is 6.91. The first-order chi connectivity index (χ1) is 17.6. The summed E-state index contributed by atoms with van der Waals surface area (Å²) in [5.74, 6) is 2.18. The Morgan fingerprint density at radius 3 is 2.86 bits per heavy atom. The minimum atomic E-state index is -0.585. The maximum absolute atomic E-state index is 11.5. The van der Waals surface area contributed by atoms with Crippen LogP contribution in [-0.2, 0) is 13.2 Å². The van der Waals surface area contributed by atoms with E-state index in [1.54, 1.807) is 0 Å². The van der Waals surface area contributed by atoms with Crippen LogP contribution in [0.3, 0.4) is 0 Å². The summed E-state index contributed by atoms with van der Waals surface area (Å²) in [6.07, 6.45) is 6.03. The Balaban J connectivity index is 1.33. The highest BCUT2D eigenvalue weighted by Gasteiger charge is 2.30. The molecule has 1 aliphatic heterocycles. The normalized spacial score (nSPS) is 16.0. The van der Waals surface area contributed by atoms with Crippen LogP contribution in [0.25, 0.3) is 22.8 Å². The van der Waals surface area contributed by atoms with Gasteiger partial charge in [-0.15, -0.1) is 0 Å². The number of fused-ring (bicyclic) bond motifs is 3. The fourth-order valence-corrected chi connectivity index (χ4v) is 4.96. The topological polar surface area (TPSA) is 98.8 Å². The van der Waals surface area contributed by atoms with Crippen LogP contribution in [0.5, 0.6) is 5.75 Å². The number of benzene rings is 2. The Morgan fingerprint density at radius 2 is 2.03 bits per heavy atom. The van der Waals surface area contributed by atoms with Gasteiger partial charge in [0.1, 0.15) is 23.7 Å². The molecule has 0 atom stereocenters. The number of imidazole rings is 1. The highest BCUT2D eigenvalue weighted by molar-refractivity contribution is 5.93. The van der Waals surface area contributed by atoms with E-state index < -0.39 is 5.76 Å². The maximum Gasteiger partial charge on any atom is 0.439 e. The number of hydrogen-bond donors (Lipinski definition) is 1. The van der Waals surface area contributed by atoms with Gasteiger partial charge < -0.3 is 9.30 Å². The first kappa shape index (κ1) is 20.9. The third-order valence-corrected chi connectivity index (χ3v) is 6.91. The number of pyridine rings is 1. The molecule has 1 fully saturated rings. The average molecular weight is 478 g/mol. The van der Waals surface area contributed by atoms with Crippen molar-refractivity contribution in [3.8, 4) is 5.75 Å². The second-order valence-electron chi connectivity index (χ2n) is 9.45. The van der Waals surface area contributed by atoms with E-state index in [0.717, 1.165) is 56.1 Å². The lowest BCUT2D eigenvalue weighted by atomic mass is 9.93. The molecule has 0 spiro atoms. The number of H-pyrrole nitrogens is 1. The van der Waals surface area contributed by atoms with Crippen LogP contribution < -0.4 is 10.5 Å². The minimum Gasteiger partial charge on any atom is -0.488 e. The molecular weight excluding hydrogens is 454 g/mol. The van der Waals surface area contributed by atoms with Crippen molar-refractivity contribution in [3.05, 3.63) is 105 Å². The molecule has 5 aromatic rings. The lowest BCUT2D eigenvalue weighted by Gasteiger charge is -2.13.